The van der Waals surface area contributed by atoms with E-state index in [1.54, 1.807) is 0 Å². The maximum Gasteiger partial charge on any atom is 0.326 e. The number of nitrogens with one attached hydrogen (secondary N) is 1. The Bertz CT molecular complexity index is 280. The summed E-state index contributed by atoms with van der Waals surface area (Å²) in [6, 6.07) is 0. The van der Waals surface area contributed by atoms with Crippen LogP contribution in [0.4, 0.5) is 0 Å². The third kappa shape index (κ3) is 0.956. The van der Waals surface area contributed by atoms with E-state index in [4.69, 9.17) is 15.7 Å². The minimum absolute atomic E-state index is 0.265. The molecule has 2 rings (SSSR count). The Morgan fingerprint density at radius 1 is 1.77 bits per heavy atom. The fourth-order valence-corrected chi connectivity index (χ4v) is 1.93. The molecule has 1 aliphatic heterocycles. The van der Waals surface area contributed by atoms with E-state index in [-0.39, 0.29) is 12.3 Å². The van der Waals surface area contributed by atoms with Gasteiger partial charge in [0.15, 0.2) is 0 Å². The monoisotopic (exact) mass is 186 g/mol. The summed E-state index contributed by atoms with van der Waals surface area (Å²) in [5.74, 6) is -1.78. The number of carbonyl (C=O) groups is 2. The van der Waals surface area contributed by atoms with Crippen LogP contribution in [-0.2, 0) is 14.4 Å². The molecule has 0 spiro atoms. The first kappa shape index (κ1) is 8.46. The number of aliphatic carboxylic acids is 1. The van der Waals surface area contributed by atoms with E-state index in [1.807, 2.05) is 0 Å². The third-order valence-electron chi connectivity index (χ3n) is 2.76. The summed E-state index contributed by atoms with van der Waals surface area (Å²) >= 11 is 0. The average molecular weight is 186 g/mol. The maximum absolute atomic E-state index is 11.1. The number of hydrogen-bond acceptors (Lipinski definition) is 4. The molecule has 0 aromatic heterocycles. The van der Waals surface area contributed by atoms with Crippen molar-refractivity contribution in [2.24, 2.45) is 11.7 Å². The van der Waals surface area contributed by atoms with E-state index in [0.717, 1.165) is 0 Å². The molecular weight excluding hydrogens is 176 g/mol. The summed E-state index contributed by atoms with van der Waals surface area (Å²) < 4.78 is 0. The molecule has 0 bridgehead atoms. The Balaban J connectivity index is 2.28. The van der Waals surface area contributed by atoms with Crippen molar-refractivity contribution in [2.75, 3.05) is 0 Å². The number of carbonyl (C=O) groups excluding carboxylic acids is 1. The molecule has 4 N–H and O–H groups in total. The predicted molar refractivity (Wildman–Crippen MR) is 40.3 cm³/mol. The van der Waals surface area contributed by atoms with Crippen LogP contribution in [0, 0.1) is 5.92 Å². The van der Waals surface area contributed by atoms with Crippen LogP contribution in [-0.4, -0.2) is 28.6 Å². The van der Waals surface area contributed by atoms with Crippen LogP contribution in [0.25, 0.3) is 0 Å². The minimum Gasteiger partial charge on any atom is -0.480 e. The lowest BCUT2D eigenvalue weighted by Crippen LogP contribution is -2.55. The number of carboxylic acid groups (broad SMARTS) is 1. The number of carboxylic acids is 1. The highest BCUT2D eigenvalue weighted by Gasteiger charge is 2.58. The zero-order valence-electron chi connectivity index (χ0n) is 6.82. The first-order chi connectivity index (χ1) is 6.05. The second-order valence-corrected chi connectivity index (χ2v) is 3.50. The summed E-state index contributed by atoms with van der Waals surface area (Å²) in [4.78, 5) is 26.8. The molecule has 1 saturated heterocycles. The van der Waals surface area contributed by atoms with Crippen molar-refractivity contribution in [2.45, 2.75) is 24.5 Å². The Labute approximate surface area is 74.0 Å². The van der Waals surface area contributed by atoms with E-state index in [0.29, 0.717) is 6.42 Å². The zero-order valence-corrected chi connectivity index (χ0v) is 6.82. The average Bonchev–Trinajstić information content (AvgIpc) is 2.57. The summed E-state index contributed by atoms with van der Waals surface area (Å²) in [6.45, 7) is 0. The molecule has 72 valence electrons. The van der Waals surface area contributed by atoms with E-state index in [9.17, 15) is 9.59 Å². The molecule has 1 aliphatic carbocycles. The van der Waals surface area contributed by atoms with Crippen molar-refractivity contribution in [3.05, 3.63) is 0 Å². The van der Waals surface area contributed by atoms with Gasteiger partial charge in [-0.15, -0.1) is 0 Å². The SMILES string of the molecule is NC1(C(=O)O)CCC2C(=O)NOC21. The number of nitrogens with two attached hydrogens (primary N) is 1. The topological polar surface area (TPSA) is 102 Å². The Kier molecular flexibility index (Phi) is 1.58. The largest absolute Gasteiger partial charge is 0.480 e. The van der Waals surface area contributed by atoms with Crippen molar-refractivity contribution in [3.8, 4) is 0 Å². The lowest BCUT2D eigenvalue weighted by molar-refractivity contribution is -0.150. The molecule has 0 aromatic rings. The van der Waals surface area contributed by atoms with E-state index in [1.165, 1.54) is 0 Å². The van der Waals surface area contributed by atoms with Crippen molar-refractivity contribution in [1.29, 1.82) is 0 Å². The van der Waals surface area contributed by atoms with Gasteiger partial charge >= 0.3 is 5.97 Å². The molecular formula is C7H10N2O4. The summed E-state index contributed by atoms with van der Waals surface area (Å²) in [5.41, 5.74) is 6.37. The molecule has 3 unspecified atom stereocenters. The molecule has 1 saturated carbocycles. The normalized spacial score (nSPS) is 43.0. The number of hydroxylamine groups is 1. The lowest BCUT2D eigenvalue weighted by Gasteiger charge is -2.23. The third-order valence-corrected chi connectivity index (χ3v) is 2.76. The highest BCUT2D eigenvalue weighted by atomic mass is 16.7. The second kappa shape index (κ2) is 2.43. The van der Waals surface area contributed by atoms with Gasteiger partial charge in [0.2, 0.25) is 5.91 Å². The maximum atomic E-state index is 11.1. The van der Waals surface area contributed by atoms with Gasteiger partial charge in [0, 0.05) is 0 Å². The van der Waals surface area contributed by atoms with Gasteiger partial charge in [-0.05, 0) is 12.8 Å². The molecule has 13 heavy (non-hydrogen) atoms. The van der Waals surface area contributed by atoms with Gasteiger partial charge in [-0.25, -0.2) is 5.48 Å². The van der Waals surface area contributed by atoms with Gasteiger partial charge in [0.05, 0.1) is 5.92 Å². The molecule has 1 heterocycles. The minimum atomic E-state index is -1.41. The van der Waals surface area contributed by atoms with Crippen LogP contribution < -0.4 is 11.2 Å². The molecule has 6 nitrogen and oxygen atoms in total. The Hall–Kier alpha value is -1.14. The van der Waals surface area contributed by atoms with Crippen molar-refractivity contribution in [3.63, 3.8) is 0 Å². The van der Waals surface area contributed by atoms with Gasteiger partial charge in [-0.2, -0.15) is 0 Å². The van der Waals surface area contributed by atoms with Gasteiger partial charge in [-0.3, -0.25) is 14.4 Å². The van der Waals surface area contributed by atoms with Crippen molar-refractivity contribution < 1.29 is 19.5 Å². The van der Waals surface area contributed by atoms with Crippen LogP contribution in [0.5, 0.6) is 0 Å². The molecule has 3 atom stereocenters. The molecule has 0 aromatic carbocycles. The summed E-state index contributed by atoms with van der Waals surface area (Å²) in [6.07, 6.45) is 0.0298. The fourth-order valence-electron chi connectivity index (χ4n) is 1.93. The first-order valence-electron chi connectivity index (χ1n) is 4.03. The van der Waals surface area contributed by atoms with E-state index in [2.05, 4.69) is 5.48 Å². The molecule has 0 radical (unpaired) electrons. The van der Waals surface area contributed by atoms with E-state index < -0.39 is 23.5 Å². The highest BCUT2D eigenvalue weighted by Crippen LogP contribution is 2.38. The smallest absolute Gasteiger partial charge is 0.326 e. The van der Waals surface area contributed by atoms with Crippen molar-refractivity contribution in [1.82, 2.24) is 5.48 Å². The van der Waals surface area contributed by atoms with Crippen LogP contribution in [0.15, 0.2) is 0 Å². The highest BCUT2D eigenvalue weighted by molar-refractivity contribution is 5.86. The van der Waals surface area contributed by atoms with Gasteiger partial charge < -0.3 is 10.8 Å². The fraction of sp³-hybridized carbons (Fsp3) is 0.714. The molecule has 2 aliphatic rings. The molecule has 1 amide bonds. The van der Waals surface area contributed by atoms with Crippen LogP contribution in [0.1, 0.15) is 12.8 Å². The van der Waals surface area contributed by atoms with Crippen LogP contribution in [0.3, 0.4) is 0 Å². The quantitative estimate of drug-likeness (QED) is 0.468. The van der Waals surface area contributed by atoms with E-state index >= 15 is 0 Å². The standard InChI is InChI=1S/C7H10N2O4/c8-7(6(11)12)2-1-3-4(7)13-9-5(3)10/h3-4H,1-2,8H2,(H,9,10)(H,11,12). The molecule has 2 fully saturated rings. The van der Waals surface area contributed by atoms with Gasteiger partial charge in [-0.1, -0.05) is 0 Å². The predicted octanol–water partition coefficient (Wildman–Crippen LogP) is -1.39. The Morgan fingerprint density at radius 2 is 2.46 bits per heavy atom. The summed E-state index contributed by atoms with van der Waals surface area (Å²) in [5, 5.41) is 8.86. The van der Waals surface area contributed by atoms with Crippen LogP contribution >= 0.6 is 0 Å². The van der Waals surface area contributed by atoms with Crippen molar-refractivity contribution >= 4 is 11.9 Å². The van der Waals surface area contributed by atoms with Crippen LogP contribution in [0.2, 0.25) is 0 Å². The second-order valence-electron chi connectivity index (χ2n) is 3.50. The Morgan fingerprint density at radius 3 is 3.08 bits per heavy atom. The molecule has 6 heteroatoms. The number of rotatable bonds is 1. The number of amides is 1. The lowest BCUT2D eigenvalue weighted by atomic mass is 9.94. The number of hydrogen-bond donors (Lipinski definition) is 3. The number of fused-ring (bicyclic) bond motifs is 1. The summed E-state index contributed by atoms with van der Waals surface area (Å²) in [7, 11) is 0. The first-order valence-corrected chi connectivity index (χ1v) is 4.03. The van der Waals surface area contributed by atoms with Gasteiger partial charge in [0.1, 0.15) is 11.6 Å². The van der Waals surface area contributed by atoms with Gasteiger partial charge in [0.25, 0.3) is 0 Å². The zero-order chi connectivity index (χ0) is 9.64.